The second kappa shape index (κ2) is 16.9. The lowest BCUT2D eigenvalue weighted by Gasteiger charge is -2.18. The summed E-state index contributed by atoms with van der Waals surface area (Å²) in [6, 6.07) is 40.5. The molecule has 5 rings (SSSR count). The van der Waals surface area contributed by atoms with E-state index in [1.165, 1.54) is 11.8 Å². The van der Waals surface area contributed by atoms with Crippen LogP contribution in [0.1, 0.15) is 33.7 Å². The topological polar surface area (TPSA) is 99.8 Å². The van der Waals surface area contributed by atoms with Crippen LogP contribution in [0.15, 0.2) is 144 Å². The van der Waals surface area contributed by atoms with Crippen molar-refractivity contribution in [3.8, 4) is 5.75 Å². The molecule has 0 bridgehead atoms. The molecule has 1 unspecified atom stereocenters. The number of nitrogens with one attached hydrogen (secondary N) is 3. The first-order chi connectivity index (χ1) is 23.8. The lowest BCUT2D eigenvalue weighted by Crippen LogP contribution is -2.30. The summed E-state index contributed by atoms with van der Waals surface area (Å²) < 4.78 is 5.51. The van der Waals surface area contributed by atoms with E-state index in [4.69, 9.17) is 4.74 Å². The highest BCUT2D eigenvalue weighted by atomic mass is 32.2. The standard InChI is InChI=1S/C40H38N4O4S/c1-4-48-34-23-17-31(18-24-34)42-40(47)37(29-11-7-5-8-12-29)49-35-25-19-32(20-26-35)41-39(46)36(43-38(45)30-13-9-6-10-14-30)27-28-15-21-33(22-16-28)44(2)3/h5-27,37H,4H2,1-3H3,(H,41,46)(H,42,47)(H,43,45)/b36-27-. The van der Waals surface area contributed by atoms with Gasteiger partial charge in [0, 0.05) is 41.6 Å². The zero-order valence-corrected chi connectivity index (χ0v) is 28.4. The average Bonchev–Trinajstić information content (AvgIpc) is 3.12. The van der Waals surface area contributed by atoms with E-state index in [-0.39, 0.29) is 11.6 Å². The second-order valence-electron chi connectivity index (χ2n) is 11.2. The fourth-order valence-electron chi connectivity index (χ4n) is 4.84. The number of anilines is 3. The van der Waals surface area contributed by atoms with Crippen LogP contribution in [0.2, 0.25) is 0 Å². The Morgan fingerprint density at radius 2 is 1.33 bits per heavy atom. The van der Waals surface area contributed by atoms with Gasteiger partial charge >= 0.3 is 0 Å². The number of benzene rings is 5. The first kappa shape index (κ1) is 34.5. The zero-order valence-electron chi connectivity index (χ0n) is 27.6. The molecule has 3 amide bonds. The molecule has 0 aliphatic heterocycles. The molecule has 8 nitrogen and oxygen atoms in total. The van der Waals surface area contributed by atoms with Crippen LogP contribution in [0.25, 0.3) is 6.08 Å². The molecule has 0 spiro atoms. The maximum Gasteiger partial charge on any atom is 0.272 e. The minimum Gasteiger partial charge on any atom is -0.494 e. The highest BCUT2D eigenvalue weighted by Crippen LogP contribution is 2.37. The van der Waals surface area contributed by atoms with Crippen molar-refractivity contribution in [3.63, 3.8) is 0 Å². The lowest BCUT2D eigenvalue weighted by molar-refractivity contribution is -0.116. The quantitative estimate of drug-likeness (QED) is 0.0867. The van der Waals surface area contributed by atoms with Crippen LogP contribution < -0.4 is 25.6 Å². The number of hydrogen-bond donors (Lipinski definition) is 3. The van der Waals surface area contributed by atoms with Crippen molar-refractivity contribution >= 4 is 52.6 Å². The summed E-state index contributed by atoms with van der Waals surface area (Å²) >= 11 is 1.40. The molecule has 49 heavy (non-hydrogen) atoms. The molecule has 0 aromatic heterocycles. The lowest BCUT2D eigenvalue weighted by atomic mass is 10.1. The van der Waals surface area contributed by atoms with Crippen molar-refractivity contribution in [3.05, 3.63) is 156 Å². The molecular formula is C40H38N4O4S. The van der Waals surface area contributed by atoms with E-state index in [1.807, 2.05) is 123 Å². The smallest absolute Gasteiger partial charge is 0.272 e. The first-order valence-electron chi connectivity index (χ1n) is 15.8. The summed E-state index contributed by atoms with van der Waals surface area (Å²) in [7, 11) is 3.90. The third-order valence-corrected chi connectivity index (χ3v) is 8.65. The Labute approximate surface area is 291 Å². The van der Waals surface area contributed by atoms with Gasteiger partial charge in [-0.3, -0.25) is 14.4 Å². The number of ether oxygens (including phenoxy) is 1. The number of amides is 3. The van der Waals surface area contributed by atoms with Gasteiger partial charge in [0.15, 0.2) is 0 Å². The molecule has 248 valence electrons. The molecule has 1 atom stereocenters. The third kappa shape index (κ3) is 9.85. The molecule has 5 aromatic rings. The summed E-state index contributed by atoms with van der Waals surface area (Å²) in [6.45, 7) is 2.49. The van der Waals surface area contributed by atoms with Crippen LogP contribution in [0.3, 0.4) is 0 Å². The van der Waals surface area contributed by atoms with Crippen molar-refractivity contribution in [1.29, 1.82) is 0 Å². The zero-order chi connectivity index (χ0) is 34.6. The minimum absolute atomic E-state index is 0.0972. The number of carbonyl (C=O) groups excluding carboxylic acids is 3. The van der Waals surface area contributed by atoms with Gasteiger partial charge in [-0.25, -0.2) is 0 Å². The molecule has 0 aliphatic rings. The molecule has 0 saturated heterocycles. The van der Waals surface area contributed by atoms with Gasteiger partial charge in [0.2, 0.25) is 5.91 Å². The molecule has 0 aliphatic carbocycles. The van der Waals surface area contributed by atoms with E-state index in [0.29, 0.717) is 23.5 Å². The Morgan fingerprint density at radius 3 is 1.94 bits per heavy atom. The van der Waals surface area contributed by atoms with Crippen LogP contribution in [0, 0.1) is 0 Å². The minimum atomic E-state index is -0.533. The highest BCUT2D eigenvalue weighted by Gasteiger charge is 2.23. The molecule has 0 fully saturated rings. The first-order valence-corrected chi connectivity index (χ1v) is 16.7. The predicted octanol–water partition coefficient (Wildman–Crippen LogP) is 8.03. The molecule has 3 N–H and O–H groups in total. The Balaban J connectivity index is 1.31. The van der Waals surface area contributed by atoms with Crippen LogP contribution in [-0.2, 0) is 9.59 Å². The van der Waals surface area contributed by atoms with Gasteiger partial charge in [-0.15, -0.1) is 11.8 Å². The maximum absolute atomic E-state index is 13.6. The summed E-state index contributed by atoms with van der Waals surface area (Å²) in [5.41, 5.74) is 4.36. The SMILES string of the molecule is CCOc1ccc(NC(=O)C(Sc2ccc(NC(=O)/C(=C/c3ccc(N(C)C)cc3)NC(=O)c3ccccc3)cc2)c2ccccc2)cc1. The molecule has 5 aromatic carbocycles. The van der Waals surface area contributed by atoms with Crippen molar-refractivity contribution in [2.75, 3.05) is 36.2 Å². The maximum atomic E-state index is 13.6. The fraction of sp³-hybridized carbons (Fsp3) is 0.125. The molecule has 0 saturated carbocycles. The fourth-order valence-corrected chi connectivity index (χ4v) is 5.86. The summed E-state index contributed by atoms with van der Waals surface area (Å²) in [4.78, 5) is 43.0. The van der Waals surface area contributed by atoms with Gasteiger partial charge < -0.3 is 25.6 Å². The molecular weight excluding hydrogens is 633 g/mol. The van der Waals surface area contributed by atoms with E-state index in [9.17, 15) is 14.4 Å². The normalized spacial score (nSPS) is 11.6. The number of hydrogen-bond acceptors (Lipinski definition) is 6. The largest absolute Gasteiger partial charge is 0.494 e. The highest BCUT2D eigenvalue weighted by molar-refractivity contribution is 8.00. The van der Waals surface area contributed by atoms with Crippen molar-refractivity contribution in [2.45, 2.75) is 17.1 Å². The summed E-state index contributed by atoms with van der Waals surface area (Å²) in [5.74, 6) is -0.297. The number of thioether (sulfide) groups is 1. The Hall–Kier alpha value is -5.80. The van der Waals surface area contributed by atoms with Crippen LogP contribution >= 0.6 is 11.8 Å². The number of rotatable bonds is 13. The number of carbonyl (C=O) groups is 3. The summed E-state index contributed by atoms with van der Waals surface area (Å²) in [5, 5.41) is 8.17. The predicted molar refractivity (Wildman–Crippen MR) is 199 cm³/mol. The summed E-state index contributed by atoms with van der Waals surface area (Å²) in [6.07, 6.45) is 1.65. The third-order valence-electron chi connectivity index (χ3n) is 7.39. The number of nitrogens with zero attached hydrogens (tertiary/aromatic N) is 1. The monoisotopic (exact) mass is 670 g/mol. The van der Waals surface area contributed by atoms with Gasteiger partial charge in [-0.2, -0.15) is 0 Å². The van der Waals surface area contributed by atoms with Crippen molar-refractivity contribution in [1.82, 2.24) is 5.32 Å². The Bertz CT molecular complexity index is 1880. The molecule has 0 radical (unpaired) electrons. The van der Waals surface area contributed by atoms with Crippen molar-refractivity contribution < 1.29 is 19.1 Å². The van der Waals surface area contributed by atoms with E-state index in [2.05, 4.69) is 16.0 Å². The Morgan fingerprint density at radius 1 is 0.735 bits per heavy atom. The Kier molecular flexibility index (Phi) is 11.9. The van der Waals surface area contributed by atoms with Gasteiger partial charge in [0.25, 0.3) is 11.8 Å². The van der Waals surface area contributed by atoms with E-state index in [1.54, 1.807) is 42.5 Å². The van der Waals surface area contributed by atoms with Gasteiger partial charge in [-0.05, 0) is 96.9 Å². The second-order valence-corrected chi connectivity index (χ2v) is 12.4. The van der Waals surface area contributed by atoms with Crippen LogP contribution in [0.5, 0.6) is 5.75 Å². The van der Waals surface area contributed by atoms with Crippen molar-refractivity contribution in [2.24, 2.45) is 0 Å². The molecule has 0 heterocycles. The van der Waals surface area contributed by atoms with Crippen LogP contribution in [-0.4, -0.2) is 38.4 Å². The van der Waals surface area contributed by atoms with E-state index >= 15 is 0 Å². The average molecular weight is 671 g/mol. The van der Waals surface area contributed by atoms with Gasteiger partial charge in [0.1, 0.15) is 16.7 Å². The van der Waals surface area contributed by atoms with Gasteiger partial charge in [0.05, 0.1) is 6.61 Å². The van der Waals surface area contributed by atoms with E-state index < -0.39 is 17.1 Å². The van der Waals surface area contributed by atoms with E-state index in [0.717, 1.165) is 27.5 Å². The van der Waals surface area contributed by atoms with Crippen LogP contribution in [0.4, 0.5) is 17.1 Å². The van der Waals surface area contributed by atoms with Gasteiger partial charge in [-0.1, -0.05) is 60.7 Å². The molecule has 9 heteroatoms.